The molecule has 1 heterocycles. The Balaban J connectivity index is 2.02. The van der Waals surface area contributed by atoms with E-state index >= 15 is 0 Å². The number of hydrogen-bond donors (Lipinski definition) is 1. The summed E-state index contributed by atoms with van der Waals surface area (Å²) >= 11 is 1.84. The molecule has 0 bridgehead atoms. The largest absolute Gasteiger partial charge is 0.481 e. The molecular formula is C34H40N2O2S. The molecule has 0 amide bonds. The number of aromatic nitrogens is 1. The maximum Gasteiger partial charge on any atom is 0.217 e. The van der Waals surface area contributed by atoms with Gasteiger partial charge < -0.3 is 14.7 Å². The molecule has 4 rings (SSSR count). The Bertz CT molecular complexity index is 1400. The van der Waals surface area contributed by atoms with E-state index in [1.807, 2.05) is 68.5 Å². The van der Waals surface area contributed by atoms with E-state index in [1.165, 1.54) is 5.57 Å². The second kappa shape index (κ2) is 13.3. The Labute approximate surface area is 237 Å². The number of benzene rings is 3. The highest BCUT2D eigenvalue weighted by Crippen LogP contribution is 2.48. The lowest BCUT2D eigenvalue weighted by molar-refractivity contribution is 0.00515. The van der Waals surface area contributed by atoms with Crippen LogP contribution in [-0.2, 0) is 5.60 Å². The molecule has 2 unspecified atom stereocenters. The fourth-order valence-electron chi connectivity index (χ4n) is 5.48. The molecule has 204 valence electrons. The van der Waals surface area contributed by atoms with E-state index in [-0.39, 0.29) is 0 Å². The van der Waals surface area contributed by atoms with Crippen molar-refractivity contribution in [2.45, 2.75) is 31.3 Å². The standard InChI is InChI=1S/C34H40N2O2S/c1-6-25(19-22-39-5)28-23-30(33(38-4)35-24-28)32(27-14-8-7-9-15-27)34(37,20-21-36(2)3)31-18-12-16-26-13-10-11-17-29(26)31/h6-18,23-24,32,37H,19-22H2,1-5H3/b25-6+. The van der Waals surface area contributed by atoms with Gasteiger partial charge in [0.25, 0.3) is 0 Å². The van der Waals surface area contributed by atoms with Gasteiger partial charge >= 0.3 is 0 Å². The SMILES string of the molecule is C/C=C(\CCSC)c1cnc(OC)c(C(c2ccccc2)C(O)(CCN(C)C)c2cccc3ccccc23)c1. The van der Waals surface area contributed by atoms with E-state index in [0.29, 0.717) is 18.8 Å². The molecular weight excluding hydrogens is 500 g/mol. The van der Waals surface area contributed by atoms with Gasteiger partial charge in [-0.25, -0.2) is 4.98 Å². The van der Waals surface area contributed by atoms with E-state index in [0.717, 1.165) is 45.2 Å². The summed E-state index contributed by atoms with van der Waals surface area (Å²) in [6.45, 7) is 2.80. The van der Waals surface area contributed by atoms with Crippen molar-refractivity contribution in [1.82, 2.24) is 9.88 Å². The van der Waals surface area contributed by atoms with Crippen LogP contribution in [-0.4, -0.2) is 54.7 Å². The predicted molar refractivity (Wildman–Crippen MR) is 167 cm³/mol. The molecule has 0 aliphatic rings. The summed E-state index contributed by atoms with van der Waals surface area (Å²) in [6.07, 6.45) is 7.69. The smallest absolute Gasteiger partial charge is 0.217 e. The highest BCUT2D eigenvalue weighted by molar-refractivity contribution is 7.98. The van der Waals surface area contributed by atoms with Gasteiger partial charge in [-0.3, -0.25) is 0 Å². The van der Waals surface area contributed by atoms with Gasteiger partial charge in [-0.2, -0.15) is 11.8 Å². The van der Waals surface area contributed by atoms with Gasteiger partial charge in [0.2, 0.25) is 5.88 Å². The molecule has 0 saturated carbocycles. The molecule has 39 heavy (non-hydrogen) atoms. The maximum atomic E-state index is 13.1. The molecule has 0 radical (unpaired) electrons. The summed E-state index contributed by atoms with van der Waals surface area (Å²) in [5.74, 6) is 1.16. The number of hydrogen-bond acceptors (Lipinski definition) is 5. The summed E-state index contributed by atoms with van der Waals surface area (Å²) in [7, 11) is 5.76. The third kappa shape index (κ3) is 6.38. The minimum absolute atomic E-state index is 0.412. The minimum Gasteiger partial charge on any atom is -0.481 e. The molecule has 1 N–H and O–H groups in total. The number of pyridine rings is 1. The zero-order valence-corrected chi connectivity index (χ0v) is 24.5. The Kier molecular flexibility index (Phi) is 9.84. The molecule has 0 spiro atoms. The van der Waals surface area contributed by atoms with Crippen LogP contribution in [0.5, 0.6) is 5.88 Å². The lowest BCUT2D eigenvalue weighted by Gasteiger charge is -2.39. The fraction of sp³-hybridized carbons (Fsp3) is 0.324. The number of methoxy groups -OCH3 is 1. The monoisotopic (exact) mass is 540 g/mol. The minimum atomic E-state index is -1.24. The lowest BCUT2D eigenvalue weighted by atomic mass is 9.70. The van der Waals surface area contributed by atoms with Crippen LogP contribution < -0.4 is 4.74 Å². The van der Waals surface area contributed by atoms with Crippen molar-refractivity contribution in [1.29, 1.82) is 0 Å². The van der Waals surface area contributed by atoms with Gasteiger partial charge in [0.15, 0.2) is 0 Å². The van der Waals surface area contributed by atoms with Crippen LogP contribution in [0.3, 0.4) is 0 Å². The number of fused-ring (bicyclic) bond motifs is 1. The average molecular weight is 541 g/mol. The zero-order valence-electron chi connectivity index (χ0n) is 23.7. The van der Waals surface area contributed by atoms with Gasteiger partial charge in [-0.15, -0.1) is 0 Å². The van der Waals surface area contributed by atoms with Crippen LogP contribution in [0.1, 0.15) is 47.9 Å². The van der Waals surface area contributed by atoms with E-state index < -0.39 is 11.5 Å². The number of allylic oxidation sites excluding steroid dienone is 2. The summed E-state index contributed by atoms with van der Waals surface area (Å²) in [5, 5.41) is 15.3. The lowest BCUT2D eigenvalue weighted by Crippen LogP contribution is -2.38. The third-order valence-corrected chi connectivity index (χ3v) is 8.10. The van der Waals surface area contributed by atoms with Gasteiger partial charge in [0, 0.05) is 24.2 Å². The average Bonchev–Trinajstić information content (AvgIpc) is 2.97. The highest BCUT2D eigenvalue weighted by Gasteiger charge is 2.43. The topological polar surface area (TPSA) is 45.6 Å². The third-order valence-electron chi connectivity index (χ3n) is 7.48. The summed E-state index contributed by atoms with van der Waals surface area (Å²) < 4.78 is 5.89. The quantitative estimate of drug-likeness (QED) is 0.203. The highest BCUT2D eigenvalue weighted by atomic mass is 32.2. The van der Waals surface area contributed by atoms with E-state index in [4.69, 9.17) is 9.72 Å². The summed E-state index contributed by atoms with van der Waals surface area (Å²) in [4.78, 5) is 6.92. The molecule has 4 aromatic rings. The molecule has 3 aromatic carbocycles. The van der Waals surface area contributed by atoms with Gasteiger partial charge in [0.05, 0.1) is 7.11 Å². The number of nitrogens with zero attached hydrogens (tertiary/aromatic N) is 2. The van der Waals surface area contributed by atoms with Gasteiger partial charge in [-0.05, 0) is 85.0 Å². The van der Waals surface area contributed by atoms with Crippen LogP contribution in [0.4, 0.5) is 0 Å². The van der Waals surface area contributed by atoms with Crippen molar-refractivity contribution in [3.05, 3.63) is 113 Å². The normalized spacial score (nSPS) is 14.4. The van der Waals surface area contributed by atoms with Crippen molar-refractivity contribution < 1.29 is 9.84 Å². The molecule has 2 atom stereocenters. The summed E-state index contributed by atoms with van der Waals surface area (Å²) in [6, 6.07) is 27.0. The van der Waals surface area contributed by atoms with E-state index in [1.54, 1.807) is 7.11 Å². The van der Waals surface area contributed by atoms with Crippen LogP contribution in [0.25, 0.3) is 16.3 Å². The molecule has 0 aliphatic carbocycles. The van der Waals surface area contributed by atoms with Crippen molar-refractivity contribution in [3.8, 4) is 5.88 Å². The number of thioether (sulfide) groups is 1. The number of aliphatic hydroxyl groups is 1. The first-order chi connectivity index (χ1) is 18.9. The molecule has 5 heteroatoms. The summed E-state index contributed by atoms with van der Waals surface area (Å²) in [5.41, 5.74) is 3.90. The Morgan fingerprint density at radius 2 is 1.77 bits per heavy atom. The van der Waals surface area contributed by atoms with E-state index in [2.05, 4.69) is 66.6 Å². The molecule has 1 aromatic heterocycles. The van der Waals surface area contributed by atoms with Crippen molar-refractivity contribution in [2.24, 2.45) is 0 Å². The van der Waals surface area contributed by atoms with Crippen LogP contribution in [0.2, 0.25) is 0 Å². The first-order valence-corrected chi connectivity index (χ1v) is 14.9. The van der Waals surface area contributed by atoms with Crippen LogP contribution >= 0.6 is 11.8 Å². The molecule has 0 saturated heterocycles. The fourth-order valence-corrected chi connectivity index (χ4v) is 5.90. The first-order valence-electron chi connectivity index (χ1n) is 13.5. The first kappa shape index (κ1) is 28.9. The van der Waals surface area contributed by atoms with Crippen molar-refractivity contribution in [3.63, 3.8) is 0 Å². The van der Waals surface area contributed by atoms with E-state index in [9.17, 15) is 5.11 Å². The number of rotatable bonds is 12. The van der Waals surface area contributed by atoms with Crippen LogP contribution in [0, 0.1) is 0 Å². The number of ether oxygens (including phenoxy) is 1. The van der Waals surface area contributed by atoms with Crippen molar-refractivity contribution in [2.75, 3.05) is 39.8 Å². The second-order valence-electron chi connectivity index (χ2n) is 10.2. The molecule has 0 aliphatic heterocycles. The molecule has 4 nitrogen and oxygen atoms in total. The Morgan fingerprint density at radius 1 is 1.05 bits per heavy atom. The van der Waals surface area contributed by atoms with Gasteiger partial charge in [0.1, 0.15) is 5.60 Å². The molecule has 0 fully saturated rings. The predicted octanol–water partition coefficient (Wildman–Crippen LogP) is 7.37. The zero-order chi connectivity index (χ0) is 27.8. The maximum absolute atomic E-state index is 13.1. The Hall–Kier alpha value is -3.12. The Morgan fingerprint density at radius 3 is 2.46 bits per heavy atom. The van der Waals surface area contributed by atoms with Gasteiger partial charge in [-0.1, -0.05) is 78.9 Å². The second-order valence-corrected chi connectivity index (χ2v) is 11.2. The van der Waals surface area contributed by atoms with Crippen molar-refractivity contribution >= 4 is 28.1 Å². The van der Waals surface area contributed by atoms with Crippen LogP contribution in [0.15, 0.2) is 91.1 Å².